The van der Waals surface area contributed by atoms with Gasteiger partial charge in [0.15, 0.2) is 0 Å². The van der Waals surface area contributed by atoms with Crippen molar-refractivity contribution >= 4 is 33.4 Å². The van der Waals surface area contributed by atoms with Gasteiger partial charge >= 0.3 is 0 Å². The van der Waals surface area contributed by atoms with Crippen LogP contribution in [0.4, 0.5) is 11.6 Å². The van der Waals surface area contributed by atoms with Gasteiger partial charge in [-0.25, -0.2) is 9.97 Å². The van der Waals surface area contributed by atoms with Gasteiger partial charge in [0.1, 0.15) is 0 Å². The van der Waals surface area contributed by atoms with Crippen molar-refractivity contribution < 1.29 is 0 Å². The largest absolute Gasteiger partial charge is 0.359 e. The highest BCUT2D eigenvalue weighted by Gasteiger charge is 2.08. The first kappa shape index (κ1) is 15.6. The molecule has 0 saturated carbocycles. The predicted octanol–water partition coefficient (Wildman–Crippen LogP) is 4.86. The first-order valence-electron chi connectivity index (χ1n) is 8.80. The van der Waals surface area contributed by atoms with E-state index < -0.39 is 0 Å². The third-order valence-corrected chi connectivity index (χ3v) is 4.60. The fourth-order valence-corrected chi connectivity index (χ4v) is 3.35. The Labute approximate surface area is 155 Å². The number of benzene rings is 2. The number of aryl methyl sites for hydroxylation is 2. The molecule has 3 N–H and O–H groups in total. The zero-order valence-corrected chi connectivity index (χ0v) is 15.0. The van der Waals surface area contributed by atoms with Crippen molar-refractivity contribution in [3.63, 3.8) is 0 Å². The molecule has 0 radical (unpaired) electrons. The molecule has 0 aliphatic carbocycles. The molecule has 0 atom stereocenters. The highest BCUT2D eigenvalue weighted by molar-refractivity contribution is 5.85. The van der Waals surface area contributed by atoms with Crippen LogP contribution in [-0.4, -0.2) is 25.1 Å². The number of nitrogens with one attached hydrogen (secondary N) is 3. The number of hydrogen-bond acceptors (Lipinski definition) is 4. The predicted molar refractivity (Wildman–Crippen MR) is 108 cm³/mol. The number of hydrogen-bond donors (Lipinski definition) is 3. The van der Waals surface area contributed by atoms with Gasteiger partial charge < -0.3 is 10.3 Å². The molecule has 132 valence electrons. The van der Waals surface area contributed by atoms with E-state index in [9.17, 15) is 0 Å². The molecule has 5 rings (SSSR count). The van der Waals surface area contributed by atoms with Gasteiger partial charge in [0.2, 0.25) is 5.95 Å². The van der Waals surface area contributed by atoms with Gasteiger partial charge in [-0.15, -0.1) is 0 Å². The molecule has 0 unspecified atom stereocenters. The SMILES string of the molecule is Cc1cc(-c2ccc3cc(C)[nH]c3c2)nc(Nc2ccc3[nH]ncc3c2)n1. The van der Waals surface area contributed by atoms with Gasteiger partial charge in [-0.05, 0) is 55.6 Å². The van der Waals surface area contributed by atoms with Gasteiger partial charge in [-0.2, -0.15) is 5.10 Å². The Kier molecular flexibility index (Phi) is 3.43. The van der Waals surface area contributed by atoms with Crippen LogP contribution in [0.1, 0.15) is 11.4 Å². The Balaban J connectivity index is 1.52. The second kappa shape index (κ2) is 5.95. The van der Waals surface area contributed by atoms with Crippen LogP contribution in [0, 0.1) is 13.8 Å². The number of H-pyrrole nitrogens is 2. The Bertz CT molecular complexity index is 1280. The maximum absolute atomic E-state index is 4.72. The van der Waals surface area contributed by atoms with Crippen LogP contribution in [-0.2, 0) is 0 Å². The van der Waals surface area contributed by atoms with Gasteiger partial charge in [-0.1, -0.05) is 12.1 Å². The quantitative estimate of drug-likeness (QED) is 0.432. The minimum Gasteiger partial charge on any atom is -0.359 e. The number of nitrogens with zero attached hydrogens (tertiary/aromatic N) is 3. The zero-order chi connectivity index (χ0) is 18.4. The normalized spacial score (nSPS) is 11.3. The van der Waals surface area contributed by atoms with E-state index in [4.69, 9.17) is 4.98 Å². The molecular formula is C21H18N6. The van der Waals surface area contributed by atoms with Gasteiger partial charge in [0, 0.05) is 33.5 Å². The first-order chi connectivity index (χ1) is 13.1. The van der Waals surface area contributed by atoms with Crippen molar-refractivity contribution in [2.24, 2.45) is 0 Å². The van der Waals surface area contributed by atoms with Crippen LogP contribution >= 0.6 is 0 Å². The second-order valence-electron chi connectivity index (χ2n) is 6.77. The maximum Gasteiger partial charge on any atom is 0.227 e. The van der Waals surface area contributed by atoms with Crippen molar-refractivity contribution in [3.8, 4) is 11.3 Å². The Hall–Kier alpha value is -3.67. The molecule has 2 aromatic carbocycles. The van der Waals surface area contributed by atoms with E-state index >= 15 is 0 Å². The molecule has 0 aliphatic rings. The smallest absolute Gasteiger partial charge is 0.227 e. The van der Waals surface area contributed by atoms with Gasteiger partial charge in [0.25, 0.3) is 0 Å². The van der Waals surface area contributed by atoms with Crippen molar-refractivity contribution in [1.82, 2.24) is 25.1 Å². The number of aromatic amines is 2. The van der Waals surface area contributed by atoms with E-state index in [1.54, 1.807) is 6.20 Å². The fraction of sp³-hybridized carbons (Fsp3) is 0.0952. The summed E-state index contributed by atoms with van der Waals surface area (Å²) in [6.07, 6.45) is 1.80. The lowest BCUT2D eigenvalue weighted by Gasteiger charge is -2.09. The minimum atomic E-state index is 0.579. The first-order valence-corrected chi connectivity index (χ1v) is 8.80. The van der Waals surface area contributed by atoms with Gasteiger partial charge in [-0.3, -0.25) is 5.10 Å². The summed E-state index contributed by atoms with van der Waals surface area (Å²) in [5, 5.41) is 12.6. The maximum atomic E-state index is 4.72. The van der Waals surface area contributed by atoms with Gasteiger partial charge in [0.05, 0.1) is 17.4 Å². The molecular weight excluding hydrogens is 336 g/mol. The Morgan fingerprint density at radius 2 is 1.78 bits per heavy atom. The molecule has 0 amide bonds. The van der Waals surface area contributed by atoms with Crippen molar-refractivity contribution in [3.05, 3.63) is 66.1 Å². The Morgan fingerprint density at radius 1 is 0.852 bits per heavy atom. The summed E-state index contributed by atoms with van der Waals surface area (Å²) in [6, 6.07) is 16.5. The second-order valence-corrected chi connectivity index (χ2v) is 6.77. The molecule has 0 aliphatic heterocycles. The van der Waals surface area contributed by atoms with E-state index in [0.717, 1.165) is 44.8 Å². The Morgan fingerprint density at radius 3 is 2.70 bits per heavy atom. The van der Waals surface area contributed by atoms with Crippen LogP contribution in [0.3, 0.4) is 0 Å². The number of fused-ring (bicyclic) bond motifs is 2. The van der Waals surface area contributed by atoms with Crippen LogP contribution in [0.2, 0.25) is 0 Å². The summed E-state index contributed by atoms with van der Waals surface area (Å²) in [6.45, 7) is 4.04. The van der Waals surface area contributed by atoms with Crippen LogP contribution in [0.5, 0.6) is 0 Å². The summed E-state index contributed by atoms with van der Waals surface area (Å²) >= 11 is 0. The third-order valence-electron chi connectivity index (χ3n) is 4.60. The summed E-state index contributed by atoms with van der Waals surface area (Å²) in [7, 11) is 0. The molecule has 5 aromatic rings. The number of anilines is 2. The van der Waals surface area contributed by atoms with Crippen molar-refractivity contribution in [2.45, 2.75) is 13.8 Å². The summed E-state index contributed by atoms with van der Waals surface area (Å²) in [5.41, 5.74) is 7.05. The fourth-order valence-electron chi connectivity index (χ4n) is 3.35. The molecule has 6 heteroatoms. The van der Waals surface area contributed by atoms with E-state index in [2.05, 4.69) is 56.7 Å². The summed E-state index contributed by atoms with van der Waals surface area (Å²) in [4.78, 5) is 12.6. The average Bonchev–Trinajstić information content (AvgIpc) is 3.25. The molecule has 3 aromatic heterocycles. The monoisotopic (exact) mass is 354 g/mol. The molecule has 6 nitrogen and oxygen atoms in total. The number of aromatic nitrogens is 5. The molecule has 3 heterocycles. The van der Waals surface area contributed by atoms with Crippen LogP contribution in [0.15, 0.2) is 54.7 Å². The topological polar surface area (TPSA) is 82.3 Å². The molecule has 0 spiro atoms. The lowest BCUT2D eigenvalue weighted by atomic mass is 10.1. The third kappa shape index (κ3) is 2.91. The van der Waals surface area contributed by atoms with E-state index in [-0.39, 0.29) is 0 Å². The van der Waals surface area contributed by atoms with Crippen molar-refractivity contribution in [2.75, 3.05) is 5.32 Å². The lowest BCUT2D eigenvalue weighted by Crippen LogP contribution is -2.00. The molecule has 27 heavy (non-hydrogen) atoms. The number of rotatable bonds is 3. The molecule has 0 saturated heterocycles. The van der Waals surface area contributed by atoms with E-state index in [0.29, 0.717) is 5.95 Å². The highest BCUT2D eigenvalue weighted by atomic mass is 15.1. The summed E-state index contributed by atoms with van der Waals surface area (Å²) < 4.78 is 0. The minimum absolute atomic E-state index is 0.579. The molecule has 0 fully saturated rings. The lowest BCUT2D eigenvalue weighted by molar-refractivity contribution is 1.11. The average molecular weight is 354 g/mol. The van der Waals surface area contributed by atoms with E-state index in [1.165, 1.54) is 5.39 Å². The van der Waals surface area contributed by atoms with E-state index in [1.807, 2.05) is 31.2 Å². The standard InChI is InChI=1S/C21H18N6/c1-12-7-14-3-4-15(10-20(14)23-12)19-8-13(2)24-21(26-19)25-17-5-6-18-16(9-17)11-22-27-18/h3-11,23H,1-2H3,(H,22,27)(H,24,25,26). The van der Waals surface area contributed by atoms with Crippen LogP contribution in [0.25, 0.3) is 33.1 Å². The summed E-state index contributed by atoms with van der Waals surface area (Å²) in [5.74, 6) is 0.579. The van der Waals surface area contributed by atoms with Crippen molar-refractivity contribution in [1.29, 1.82) is 0 Å². The zero-order valence-electron chi connectivity index (χ0n) is 15.0. The van der Waals surface area contributed by atoms with Crippen LogP contribution < -0.4 is 5.32 Å². The highest BCUT2D eigenvalue weighted by Crippen LogP contribution is 2.26. The molecule has 0 bridgehead atoms.